The van der Waals surface area contributed by atoms with Gasteiger partial charge in [-0.3, -0.25) is 9.59 Å². The van der Waals surface area contributed by atoms with Crippen LogP contribution in [0.15, 0.2) is 24.3 Å². The zero-order valence-corrected chi connectivity index (χ0v) is 9.12. The van der Waals surface area contributed by atoms with Crippen LogP contribution < -0.4 is 5.32 Å². The van der Waals surface area contributed by atoms with Crippen molar-refractivity contribution in [1.82, 2.24) is 0 Å². The van der Waals surface area contributed by atoms with Crippen molar-refractivity contribution in [3.8, 4) is 0 Å². The van der Waals surface area contributed by atoms with E-state index in [9.17, 15) is 22.8 Å². The molecular formula is C11H10F3NO3. The molecule has 7 heteroatoms. The molecule has 0 unspecified atom stereocenters. The molecule has 1 rings (SSSR count). The molecule has 98 valence electrons. The fourth-order valence-corrected chi connectivity index (χ4v) is 1.32. The number of rotatable bonds is 4. The fraction of sp³-hybridized carbons (Fsp3) is 0.273. The minimum absolute atomic E-state index is 0.142. The van der Waals surface area contributed by atoms with Gasteiger partial charge in [0.2, 0.25) is 5.91 Å². The number of alkyl halides is 3. The van der Waals surface area contributed by atoms with E-state index in [0.29, 0.717) is 5.56 Å². The average Bonchev–Trinajstić information content (AvgIpc) is 2.13. The van der Waals surface area contributed by atoms with Crippen molar-refractivity contribution in [2.24, 2.45) is 0 Å². The summed E-state index contributed by atoms with van der Waals surface area (Å²) in [6, 6.07) is 5.68. The topological polar surface area (TPSA) is 66.4 Å². The minimum Gasteiger partial charge on any atom is -0.481 e. The largest absolute Gasteiger partial charge is 0.481 e. The van der Waals surface area contributed by atoms with Crippen molar-refractivity contribution in [1.29, 1.82) is 0 Å². The molecule has 0 aliphatic carbocycles. The zero-order chi connectivity index (χ0) is 13.8. The molecular weight excluding hydrogens is 251 g/mol. The van der Waals surface area contributed by atoms with Gasteiger partial charge in [0.25, 0.3) is 0 Å². The van der Waals surface area contributed by atoms with Gasteiger partial charge < -0.3 is 10.4 Å². The predicted octanol–water partition coefficient (Wildman–Crippen LogP) is 2.20. The summed E-state index contributed by atoms with van der Waals surface area (Å²) < 4.78 is 35.8. The Morgan fingerprint density at radius 2 is 1.94 bits per heavy atom. The number of amides is 1. The molecule has 18 heavy (non-hydrogen) atoms. The number of carboxylic acids is 1. The van der Waals surface area contributed by atoms with Crippen LogP contribution in [0.2, 0.25) is 0 Å². The van der Waals surface area contributed by atoms with Gasteiger partial charge in [-0.1, -0.05) is 12.1 Å². The quantitative estimate of drug-likeness (QED) is 0.873. The van der Waals surface area contributed by atoms with E-state index in [2.05, 4.69) is 5.32 Å². The third-order valence-electron chi connectivity index (χ3n) is 1.93. The van der Waals surface area contributed by atoms with E-state index in [-0.39, 0.29) is 12.1 Å². The molecule has 1 aromatic rings. The fourth-order valence-electron chi connectivity index (χ4n) is 1.32. The number of carboxylic acid groups (broad SMARTS) is 1. The average molecular weight is 261 g/mol. The Balaban J connectivity index is 2.67. The molecule has 0 radical (unpaired) electrons. The number of carbonyl (C=O) groups excluding carboxylic acids is 1. The molecule has 0 heterocycles. The van der Waals surface area contributed by atoms with Crippen molar-refractivity contribution in [2.45, 2.75) is 19.0 Å². The maximum atomic E-state index is 11.9. The summed E-state index contributed by atoms with van der Waals surface area (Å²) in [6.45, 7) is 0. The lowest BCUT2D eigenvalue weighted by molar-refractivity contribution is -0.150. The first-order valence-corrected chi connectivity index (χ1v) is 4.93. The summed E-state index contributed by atoms with van der Waals surface area (Å²) in [7, 11) is 0. The SMILES string of the molecule is O=C(O)Cc1cccc(NC(=O)CC(F)(F)F)c1. The van der Waals surface area contributed by atoms with Gasteiger partial charge >= 0.3 is 12.1 Å². The minimum atomic E-state index is -4.57. The lowest BCUT2D eigenvalue weighted by Crippen LogP contribution is -2.21. The number of hydrogen-bond acceptors (Lipinski definition) is 2. The van der Waals surface area contributed by atoms with E-state index in [4.69, 9.17) is 5.11 Å². The van der Waals surface area contributed by atoms with E-state index < -0.39 is 24.5 Å². The van der Waals surface area contributed by atoms with E-state index in [0.717, 1.165) is 0 Å². The maximum absolute atomic E-state index is 11.9. The standard InChI is InChI=1S/C11H10F3NO3/c12-11(13,14)6-9(16)15-8-3-1-2-7(4-8)5-10(17)18/h1-4H,5-6H2,(H,15,16)(H,17,18). The molecule has 0 aromatic heterocycles. The second kappa shape index (κ2) is 5.52. The van der Waals surface area contributed by atoms with Crippen molar-refractivity contribution in [3.63, 3.8) is 0 Å². The molecule has 1 aromatic carbocycles. The Morgan fingerprint density at radius 1 is 1.28 bits per heavy atom. The third-order valence-corrected chi connectivity index (χ3v) is 1.93. The highest BCUT2D eigenvalue weighted by atomic mass is 19.4. The van der Waals surface area contributed by atoms with Gasteiger partial charge in [0, 0.05) is 5.69 Å². The first kappa shape index (κ1) is 14.0. The lowest BCUT2D eigenvalue weighted by atomic mass is 10.1. The van der Waals surface area contributed by atoms with Crippen molar-refractivity contribution >= 4 is 17.6 Å². The molecule has 0 fully saturated rings. The molecule has 2 N–H and O–H groups in total. The van der Waals surface area contributed by atoms with Crippen LogP contribution in [-0.4, -0.2) is 23.2 Å². The first-order chi connectivity index (χ1) is 8.26. The number of hydrogen-bond donors (Lipinski definition) is 2. The van der Waals surface area contributed by atoms with E-state index in [1.165, 1.54) is 24.3 Å². The summed E-state index contributed by atoms with van der Waals surface area (Å²) in [6.07, 6.45) is -6.40. The Bertz CT molecular complexity index is 457. The van der Waals surface area contributed by atoms with Crippen LogP contribution in [0.5, 0.6) is 0 Å². The van der Waals surface area contributed by atoms with Gasteiger partial charge in [-0.05, 0) is 17.7 Å². The second-order valence-electron chi connectivity index (χ2n) is 3.61. The van der Waals surface area contributed by atoms with Crippen LogP contribution in [0.3, 0.4) is 0 Å². The van der Waals surface area contributed by atoms with Crippen molar-refractivity contribution in [3.05, 3.63) is 29.8 Å². The summed E-state index contributed by atoms with van der Waals surface area (Å²) in [4.78, 5) is 21.5. The number of aliphatic carboxylic acids is 1. The van der Waals surface area contributed by atoms with Crippen LogP contribution in [0.25, 0.3) is 0 Å². The van der Waals surface area contributed by atoms with E-state index >= 15 is 0 Å². The highest BCUT2D eigenvalue weighted by Gasteiger charge is 2.31. The maximum Gasteiger partial charge on any atom is 0.397 e. The van der Waals surface area contributed by atoms with Gasteiger partial charge in [0.15, 0.2) is 0 Å². The molecule has 0 saturated heterocycles. The third kappa shape index (κ3) is 5.33. The highest BCUT2D eigenvalue weighted by Crippen LogP contribution is 2.20. The van der Waals surface area contributed by atoms with Crippen LogP contribution in [0.1, 0.15) is 12.0 Å². The summed E-state index contributed by atoms with van der Waals surface area (Å²) in [5.41, 5.74) is 0.537. The number of benzene rings is 1. The monoisotopic (exact) mass is 261 g/mol. The second-order valence-corrected chi connectivity index (χ2v) is 3.61. The van der Waals surface area contributed by atoms with Crippen LogP contribution in [-0.2, 0) is 16.0 Å². The molecule has 0 aliphatic heterocycles. The first-order valence-electron chi connectivity index (χ1n) is 4.93. The van der Waals surface area contributed by atoms with Gasteiger partial charge in [0.05, 0.1) is 6.42 Å². The molecule has 4 nitrogen and oxygen atoms in total. The lowest BCUT2D eigenvalue weighted by Gasteiger charge is -2.08. The number of halogens is 3. The molecule has 0 bridgehead atoms. The van der Waals surface area contributed by atoms with Gasteiger partial charge in [-0.25, -0.2) is 0 Å². The smallest absolute Gasteiger partial charge is 0.397 e. The molecule has 1 amide bonds. The Hall–Kier alpha value is -2.05. The molecule has 0 atom stereocenters. The predicted molar refractivity (Wildman–Crippen MR) is 57.1 cm³/mol. The van der Waals surface area contributed by atoms with Crippen LogP contribution >= 0.6 is 0 Å². The normalized spacial score (nSPS) is 11.1. The number of anilines is 1. The summed E-state index contributed by atoms with van der Waals surface area (Å²) >= 11 is 0. The van der Waals surface area contributed by atoms with Crippen molar-refractivity contribution in [2.75, 3.05) is 5.32 Å². The van der Waals surface area contributed by atoms with Gasteiger partial charge in [0.1, 0.15) is 6.42 Å². The van der Waals surface area contributed by atoms with Gasteiger partial charge in [-0.2, -0.15) is 13.2 Å². The van der Waals surface area contributed by atoms with E-state index in [1.54, 1.807) is 0 Å². The van der Waals surface area contributed by atoms with Gasteiger partial charge in [-0.15, -0.1) is 0 Å². The zero-order valence-electron chi connectivity index (χ0n) is 9.12. The molecule has 0 saturated carbocycles. The van der Waals surface area contributed by atoms with Crippen molar-refractivity contribution < 1.29 is 27.9 Å². The number of nitrogens with one attached hydrogen (secondary N) is 1. The Morgan fingerprint density at radius 3 is 2.50 bits per heavy atom. The summed E-state index contributed by atoms with van der Waals surface area (Å²) in [5, 5.41) is 10.6. The number of carbonyl (C=O) groups is 2. The summed E-state index contributed by atoms with van der Waals surface area (Å²) in [5.74, 6) is -2.25. The van der Waals surface area contributed by atoms with Crippen LogP contribution in [0.4, 0.5) is 18.9 Å². The highest BCUT2D eigenvalue weighted by molar-refractivity contribution is 5.91. The molecule has 0 aliphatic rings. The molecule has 0 spiro atoms. The van der Waals surface area contributed by atoms with E-state index in [1.807, 2.05) is 0 Å². The van der Waals surface area contributed by atoms with Crippen LogP contribution in [0, 0.1) is 0 Å². The Kier molecular flexibility index (Phi) is 4.30. The Labute approximate surface area is 100 Å².